The molecule has 0 saturated carbocycles. The van der Waals surface area contributed by atoms with Crippen molar-refractivity contribution in [1.29, 1.82) is 0 Å². The second kappa shape index (κ2) is 7.42. The van der Waals surface area contributed by atoms with Crippen LogP contribution in [0.25, 0.3) is 16.1 Å². The Morgan fingerprint density at radius 2 is 1.65 bits per heavy atom. The van der Waals surface area contributed by atoms with E-state index in [1.807, 2.05) is 89.1 Å². The molecule has 1 amide bonds. The van der Waals surface area contributed by atoms with E-state index in [-0.39, 0.29) is 5.91 Å². The van der Waals surface area contributed by atoms with E-state index in [1.54, 1.807) is 11.3 Å². The summed E-state index contributed by atoms with van der Waals surface area (Å²) < 4.78 is 2.04. The molecule has 0 aliphatic rings. The molecule has 0 aliphatic carbocycles. The second-order valence-electron chi connectivity index (χ2n) is 6.00. The lowest BCUT2D eigenvalue weighted by Gasteiger charge is -2.10. The summed E-state index contributed by atoms with van der Waals surface area (Å²) >= 11 is 1.67. The van der Waals surface area contributed by atoms with Crippen molar-refractivity contribution < 1.29 is 4.79 Å². The molecule has 26 heavy (non-hydrogen) atoms. The first-order chi connectivity index (χ1) is 12.8. The Labute approximate surface area is 156 Å². The SMILES string of the molecule is O=C(Cc1ccc(-n2cccc2)cc1)Nc1ccccc1-c1cccs1. The van der Waals surface area contributed by atoms with Gasteiger partial charge in [-0.3, -0.25) is 4.79 Å². The summed E-state index contributed by atoms with van der Waals surface area (Å²) in [5.74, 6) is -0.0114. The van der Waals surface area contributed by atoms with Crippen LogP contribution in [0.2, 0.25) is 0 Å². The molecular weight excluding hydrogens is 340 g/mol. The minimum absolute atomic E-state index is 0.0114. The largest absolute Gasteiger partial charge is 0.325 e. The molecule has 0 bridgehead atoms. The molecule has 0 spiro atoms. The number of hydrogen-bond donors (Lipinski definition) is 1. The number of amides is 1. The summed E-state index contributed by atoms with van der Waals surface area (Å²) in [5, 5.41) is 5.09. The van der Waals surface area contributed by atoms with Crippen molar-refractivity contribution in [2.24, 2.45) is 0 Å². The summed E-state index contributed by atoms with van der Waals surface area (Å²) in [6.45, 7) is 0. The number of anilines is 1. The van der Waals surface area contributed by atoms with Crippen molar-refractivity contribution in [3.05, 3.63) is 96.1 Å². The minimum atomic E-state index is -0.0114. The van der Waals surface area contributed by atoms with E-state index in [2.05, 4.69) is 11.4 Å². The molecule has 0 aliphatic heterocycles. The van der Waals surface area contributed by atoms with E-state index >= 15 is 0 Å². The zero-order chi connectivity index (χ0) is 17.8. The zero-order valence-electron chi connectivity index (χ0n) is 14.1. The van der Waals surface area contributed by atoms with Gasteiger partial charge in [0.1, 0.15) is 0 Å². The van der Waals surface area contributed by atoms with Crippen LogP contribution in [0.3, 0.4) is 0 Å². The van der Waals surface area contributed by atoms with Crippen molar-refractivity contribution in [2.75, 3.05) is 5.32 Å². The number of para-hydroxylation sites is 1. The molecular formula is C22H18N2OS. The molecule has 3 nitrogen and oxygen atoms in total. The number of aromatic nitrogens is 1. The molecule has 0 radical (unpaired) electrons. The Bertz CT molecular complexity index is 987. The summed E-state index contributed by atoms with van der Waals surface area (Å²) in [7, 11) is 0. The molecule has 2 aromatic heterocycles. The fourth-order valence-electron chi connectivity index (χ4n) is 2.91. The van der Waals surface area contributed by atoms with Crippen molar-refractivity contribution in [2.45, 2.75) is 6.42 Å². The van der Waals surface area contributed by atoms with Gasteiger partial charge in [-0.05, 0) is 47.3 Å². The van der Waals surface area contributed by atoms with E-state index in [0.717, 1.165) is 27.4 Å². The van der Waals surface area contributed by atoms with Crippen molar-refractivity contribution >= 4 is 22.9 Å². The third kappa shape index (κ3) is 3.60. The highest BCUT2D eigenvalue weighted by Gasteiger charge is 2.09. The Morgan fingerprint density at radius 1 is 0.885 bits per heavy atom. The molecule has 128 valence electrons. The first-order valence-corrected chi connectivity index (χ1v) is 9.32. The quantitative estimate of drug-likeness (QED) is 0.510. The smallest absolute Gasteiger partial charge is 0.228 e. The van der Waals surface area contributed by atoms with Crippen molar-refractivity contribution in [3.63, 3.8) is 0 Å². The van der Waals surface area contributed by atoms with Crippen molar-refractivity contribution in [1.82, 2.24) is 4.57 Å². The maximum atomic E-state index is 12.5. The van der Waals surface area contributed by atoms with Gasteiger partial charge in [-0.15, -0.1) is 11.3 Å². The maximum absolute atomic E-state index is 12.5. The lowest BCUT2D eigenvalue weighted by molar-refractivity contribution is -0.115. The first-order valence-electron chi connectivity index (χ1n) is 8.45. The highest BCUT2D eigenvalue weighted by atomic mass is 32.1. The molecule has 0 fully saturated rings. The second-order valence-corrected chi connectivity index (χ2v) is 6.95. The predicted molar refractivity (Wildman–Crippen MR) is 108 cm³/mol. The van der Waals surface area contributed by atoms with Crippen LogP contribution in [0.1, 0.15) is 5.56 Å². The van der Waals surface area contributed by atoms with Crippen LogP contribution in [0.15, 0.2) is 90.6 Å². The van der Waals surface area contributed by atoms with Gasteiger partial charge >= 0.3 is 0 Å². The fourth-order valence-corrected chi connectivity index (χ4v) is 3.68. The average molecular weight is 358 g/mol. The molecule has 2 heterocycles. The highest BCUT2D eigenvalue weighted by Crippen LogP contribution is 2.31. The third-order valence-electron chi connectivity index (χ3n) is 4.19. The standard InChI is InChI=1S/C22H18N2OS/c25-22(16-17-9-11-18(12-10-17)24-13-3-4-14-24)23-20-7-2-1-6-19(20)21-8-5-15-26-21/h1-15H,16H2,(H,23,25). The Kier molecular flexibility index (Phi) is 4.67. The van der Waals surface area contributed by atoms with E-state index in [1.165, 1.54) is 0 Å². The van der Waals surface area contributed by atoms with Gasteiger partial charge in [-0.2, -0.15) is 0 Å². The van der Waals surface area contributed by atoms with Gasteiger partial charge in [0.05, 0.1) is 6.42 Å². The topological polar surface area (TPSA) is 34.0 Å². The maximum Gasteiger partial charge on any atom is 0.228 e. The van der Waals surface area contributed by atoms with Crippen LogP contribution in [0, 0.1) is 0 Å². The lowest BCUT2D eigenvalue weighted by Crippen LogP contribution is -2.15. The lowest BCUT2D eigenvalue weighted by atomic mass is 10.1. The van der Waals surface area contributed by atoms with E-state index < -0.39 is 0 Å². The number of nitrogens with zero attached hydrogens (tertiary/aromatic N) is 1. The molecule has 4 heteroatoms. The number of carbonyl (C=O) groups is 1. The van der Waals surface area contributed by atoms with Gasteiger partial charge < -0.3 is 9.88 Å². The average Bonchev–Trinajstić information content (AvgIpc) is 3.37. The van der Waals surface area contributed by atoms with Crippen LogP contribution >= 0.6 is 11.3 Å². The third-order valence-corrected chi connectivity index (χ3v) is 5.09. The molecule has 2 aromatic carbocycles. The molecule has 4 rings (SSSR count). The first kappa shape index (κ1) is 16.4. The van der Waals surface area contributed by atoms with Crippen LogP contribution < -0.4 is 5.32 Å². The number of nitrogens with one attached hydrogen (secondary N) is 1. The number of carbonyl (C=O) groups excluding carboxylic acids is 1. The summed E-state index contributed by atoms with van der Waals surface area (Å²) in [4.78, 5) is 13.7. The Hall–Kier alpha value is -3.11. The van der Waals surface area contributed by atoms with Gasteiger partial charge in [0.25, 0.3) is 0 Å². The molecule has 4 aromatic rings. The predicted octanol–water partition coefficient (Wildman–Crippen LogP) is 5.39. The highest BCUT2D eigenvalue weighted by molar-refractivity contribution is 7.13. The van der Waals surface area contributed by atoms with Gasteiger partial charge in [-0.25, -0.2) is 0 Å². The van der Waals surface area contributed by atoms with Gasteiger partial charge in [0.15, 0.2) is 0 Å². The van der Waals surface area contributed by atoms with Crippen LogP contribution in [0.5, 0.6) is 0 Å². The monoisotopic (exact) mass is 358 g/mol. The number of thiophene rings is 1. The fraction of sp³-hybridized carbons (Fsp3) is 0.0455. The zero-order valence-corrected chi connectivity index (χ0v) is 14.9. The summed E-state index contributed by atoms with van der Waals surface area (Å²) in [6.07, 6.45) is 4.36. The van der Waals surface area contributed by atoms with Crippen LogP contribution in [0.4, 0.5) is 5.69 Å². The van der Waals surface area contributed by atoms with Crippen LogP contribution in [-0.4, -0.2) is 10.5 Å². The van der Waals surface area contributed by atoms with E-state index in [0.29, 0.717) is 6.42 Å². The molecule has 1 N–H and O–H groups in total. The Morgan fingerprint density at radius 3 is 2.38 bits per heavy atom. The summed E-state index contributed by atoms with van der Waals surface area (Å²) in [5.41, 5.74) is 3.98. The van der Waals surface area contributed by atoms with Gasteiger partial charge in [0, 0.05) is 34.2 Å². The molecule has 0 saturated heterocycles. The van der Waals surface area contributed by atoms with E-state index in [4.69, 9.17) is 0 Å². The number of rotatable bonds is 5. The summed E-state index contributed by atoms with van der Waals surface area (Å²) in [6, 6.07) is 24.0. The van der Waals surface area contributed by atoms with Gasteiger partial charge in [-0.1, -0.05) is 36.4 Å². The Balaban J connectivity index is 1.46. The number of benzene rings is 2. The van der Waals surface area contributed by atoms with Crippen LogP contribution in [-0.2, 0) is 11.2 Å². The van der Waals surface area contributed by atoms with E-state index in [9.17, 15) is 4.79 Å². The van der Waals surface area contributed by atoms with Gasteiger partial charge in [0.2, 0.25) is 5.91 Å². The molecule has 0 atom stereocenters. The minimum Gasteiger partial charge on any atom is -0.325 e. The normalized spacial score (nSPS) is 10.6. The van der Waals surface area contributed by atoms with Crippen molar-refractivity contribution in [3.8, 4) is 16.1 Å². The molecule has 0 unspecified atom stereocenters. The number of hydrogen-bond acceptors (Lipinski definition) is 2.